The summed E-state index contributed by atoms with van der Waals surface area (Å²) in [6.45, 7) is 0. The number of nitrogens with one attached hydrogen (secondary N) is 1. The quantitative estimate of drug-likeness (QED) is 0.847. The molecule has 0 amide bonds. The third kappa shape index (κ3) is 2.90. The first-order valence-electron chi connectivity index (χ1n) is 5.44. The fourth-order valence-electron chi connectivity index (χ4n) is 1.71. The minimum atomic E-state index is -0.919. The van der Waals surface area contributed by atoms with Crippen molar-refractivity contribution in [2.24, 2.45) is 0 Å². The van der Waals surface area contributed by atoms with Gasteiger partial charge < -0.3 is 9.84 Å². The van der Waals surface area contributed by atoms with Gasteiger partial charge in [0.25, 0.3) is 0 Å². The summed E-state index contributed by atoms with van der Waals surface area (Å²) in [5.41, 5.74) is 0.569. The van der Waals surface area contributed by atoms with Crippen molar-refractivity contribution in [1.82, 2.24) is 5.32 Å². The van der Waals surface area contributed by atoms with Crippen LogP contribution in [0.25, 0.3) is 0 Å². The Hall–Kier alpha value is -1.26. The van der Waals surface area contributed by atoms with Gasteiger partial charge in [-0.15, -0.1) is 0 Å². The normalized spacial score (nSPS) is 16.6. The summed E-state index contributed by atoms with van der Waals surface area (Å²) in [4.78, 5) is 11.3. The molecule has 92 valence electrons. The van der Waals surface area contributed by atoms with E-state index in [1.165, 1.54) is 7.11 Å². The monoisotopic (exact) mass is 255 g/mol. The zero-order valence-electron chi connectivity index (χ0n) is 9.44. The molecule has 0 radical (unpaired) electrons. The fourth-order valence-corrected chi connectivity index (χ4v) is 1.89. The van der Waals surface area contributed by atoms with Crippen molar-refractivity contribution in [3.05, 3.63) is 28.8 Å². The summed E-state index contributed by atoms with van der Waals surface area (Å²) in [5.74, 6) is -0.382. The molecule has 1 unspecified atom stereocenters. The zero-order chi connectivity index (χ0) is 12.4. The van der Waals surface area contributed by atoms with Crippen LogP contribution in [0.1, 0.15) is 24.4 Å². The molecule has 0 spiro atoms. The highest BCUT2D eigenvalue weighted by Gasteiger charge is 2.31. The van der Waals surface area contributed by atoms with Crippen molar-refractivity contribution in [3.63, 3.8) is 0 Å². The molecule has 1 fully saturated rings. The average molecular weight is 256 g/mol. The van der Waals surface area contributed by atoms with Crippen molar-refractivity contribution in [2.45, 2.75) is 24.9 Å². The number of rotatable bonds is 5. The minimum Gasteiger partial charge on any atom is -0.496 e. The summed E-state index contributed by atoms with van der Waals surface area (Å²) in [6, 6.07) is 4.52. The molecular formula is C12H14ClNO3. The van der Waals surface area contributed by atoms with Crippen molar-refractivity contribution in [2.75, 3.05) is 7.11 Å². The largest absolute Gasteiger partial charge is 0.496 e. The van der Waals surface area contributed by atoms with Crippen LogP contribution < -0.4 is 10.1 Å². The number of hydrogen-bond donors (Lipinski definition) is 2. The maximum absolute atomic E-state index is 11.3. The molecule has 1 aliphatic carbocycles. The van der Waals surface area contributed by atoms with Crippen LogP contribution >= 0.6 is 11.6 Å². The van der Waals surface area contributed by atoms with E-state index >= 15 is 0 Å². The lowest BCUT2D eigenvalue weighted by Gasteiger charge is -2.17. The lowest BCUT2D eigenvalue weighted by Crippen LogP contribution is -2.30. The lowest BCUT2D eigenvalue weighted by molar-refractivity contribution is -0.139. The number of aliphatic carboxylic acids is 1. The van der Waals surface area contributed by atoms with E-state index in [0.29, 0.717) is 22.4 Å². The van der Waals surface area contributed by atoms with Crippen LogP contribution in [0.4, 0.5) is 0 Å². The number of halogens is 1. The number of benzene rings is 1. The molecule has 5 heteroatoms. The van der Waals surface area contributed by atoms with Crippen LogP contribution in [0.2, 0.25) is 5.02 Å². The topological polar surface area (TPSA) is 58.6 Å². The molecule has 1 aliphatic rings. The highest BCUT2D eigenvalue weighted by molar-refractivity contribution is 6.30. The maximum Gasteiger partial charge on any atom is 0.325 e. The molecule has 0 aromatic heterocycles. The predicted molar refractivity (Wildman–Crippen MR) is 64.5 cm³/mol. The first kappa shape index (κ1) is 12.2. The smallest absolute Gasteiger partial charge is 0.325 e. The van der Waals surface area contributed by atoms with E-state index in [9.17, 15) is 9.90 Å². The minimum absolute atomic E-state index is 0.291. The Morgan fingerprint density at radius 1 is 1.59 bits per heavy atom. The van der Waals surface area contributed by atoms with Crippen molar-refractivity contribution in [3.8, 4) is 5.75 Å². The van der Waals surface area contributed by atoms with Gasteiger partial charge in [0.05, 0.1) is 7.11 Å². The Morgan fingerprint density at radius 3 is 2.82 bits per heavy atom. The molecule has 0 bridgehead atoms. The Morgan fingerprint density at radius 2 is 2.29 bits per heavy atom. The van der Waals surface area contributed by atoms with E-state index < -0.39 is 12.0 Å². The summed E-state index contributed by atoms with van der Waals surface area (Å²) in [5, 5.41) is 12.8. The summed E-state index contributed by atoms with van der Waals surface area (Å²) >= 11 is 5.90. The number of carbonyl (C=O) groups is 1. The number of ether oxygens (including phenoxy) is 1. The highest BCUT2D eigenvalue weighted by atomic mass is 35.5. The summed E-state index contributed by atoms with van der Waals surface area (Å²) in [7, 11) is 1.52. The average Bonchev–Trinajstić information content (AvgIpc) is 3.09. The number of methoxy groups -OCH3 is 1. The SMILES string of the molecule is COc1ccc(Cl)cc1C(NC1CC1)C(=O)O. The second kappa shape index (κ2) is 4.94. The Balaban J connectivity index is 2.32. The number of carboxylic acid groups (broad SMARTS) is 1. The second-order valence-electron chi connectivity index (χ2n) is 4.10. The van der Waals surface area contributed by atoms with Crippen molar-refractivity contribution in [1.29, 1.82) is 0 Å². The molecule has 2 N–H and O–H groups in total. The molecule has 4 nitrogen and oxygen atoms in total. The second-order valence-corrected chi connectivity index (χ2v) is 4.53. The zero-order valence-corrected chi connectivity index (χ0v) is 10.2. The molecule has 2 rings (SSSR count). The van der Waals surface area contributed by atoms with Crippen LogP contribution in [0.3, 0.4) is 0 Å². The Kier molecular flexibility index (Phi) is 3.54. The first-order valence-corrected chi connectivity index (χ1v) is 5.82. The van der Waals surface area contributed by atoms with Gasteiger partial charge in [0, 0.05) is 16.6 Å². The van der Waals surface area contributed by atoms with E-state index in [0.717, 1.165) is 12.8 Å². The van der Waals surface area contributed by atoms with E-state index in [1.807, 2.05) is 0 Å². The van der Waals surface area contributed by atoms with Gasteiger partial charge in [0.1, 0.15) is 11.8 Å². The van der Waals surface area contributed by atoms with Crippen LogP contribution in [-0.4, -0.2) is 24.2 Å². The number of carboxylic acids is 1. The van der Waals surface area contributed by atoms with E-state index in [1.54, 1.807) is 18.2 Å². The van der Waals surface area contributed by atoms with E-state index in [2.05, 4.69) is 5.32 Å². The van der Waals surface area contributed by atoms with Gasteiger partial charge >= 0.3 is 5.97 Å². The Labute approximate surface area is 105 Å². The molecular weight excluding hydrogens is 242 g/mol. The molecule has 0 saturated heterocycles. The van der Waals surface area contributed by atoms with Crippen LogP contribution in [0.15, 0.2) is 18.2 Å². The third-order valence-corrected chi connectivity index (χ3v) is 2.96. The lowest BCUT2D eigenvalue weighted by atomic mass is 10.1. The van der Waals surface area contributed by atoms with Crippen LogP contribution in [-0.2, 0) is 4.79 Å². The van der Waals surface area contributed by atoms with Gasteiger partial charge in [-0.1, -0.05) is 11.6 Å². The fraction of sp³-hybridized carbons (Fsp3) is 0.417. The summed E-state index contributed by atoms with van der Waals surface area (Å²) in [6.07, 6.45) is 2.04. The van der Waals surface area contributed by atoms with E-state index in [4.69, 9.17) is 16.3 Å². The van der Waals surface area contributed by atoms with Gasteiger partial charge in [-0.05, 0) is 31.0 Å². The Bertz CT molecular complexity index is 432. The van der Waals surface area contributed by atoms with Gasteiger partial charge in [0.15, 0.2) is 0 Å². The predicted octanol–water partition coefficient (Wildman–Crippen LogP) is 2.23. The van der Waals surface area contributed by atoms with E-state index in [-0.39, 0.29) is 0 Å². The maximum atomic E-state index is 11.3. The van der Waals surface area contributed by atoms with Crippen LogP contribution in [0, 0.1) is 0 Å². The van der Waals surface area contributed by atoms with Gasteiger partial charge in [-0.3, -0.25) is 10.1 Å². The molecule has 0 heterocycles. The van der Waals surface area contributed by atoms with Gasteiger partial charge in [-0.2, -0.15) is 0 Å². The molecule has 1 saturated carbocycles. The molecule has 1 atom stereocenters. The van der Waals surface area contributed by atoms with Gasteiger partial charge in [-0.25, -0.2) is 0 Å². The first-order chi connectivity index (χ1) is 8.11. The molecule has 1 aromatic carbocycles. The van der Waals surface area contributed by atoms with Gasteiger partial charge in [0.2, 0.25) is 0 Å². The molecule has 17 heavy (non-hydrogen) atoms. The third-order valence-electron chi connectivity index (χ3n) is 2.73. The summed E-state index contributed by atoms with van der Waals surface area (Å²) < 4.78 is 5.17. The van der Waals surface area contributed by atoms with Crippen molar-refractivity contribution < 1.29 is 14.6 Å². The number of hydrogen-bond acceptors (Lipinski definition) is 3. The van der Waals surface area contributed by atoms with Crippen molar-refractivity contribution >= 4 is 17.6 Å². The standard InChI is InChI=1S/C12H14ClNO3/c1-17-10-5-2-7(13)6-9(10)11(12(15)16)14-8-3-4-8/h2,5-6,8,11,14H,3-4H2,1H3,(H,15,16). The highest BCUT2D eigenvalue weighted by Crippen LogP contribution is 2.31. The molecule has 0 aliphatic heterocycles. The van der Waals surface area contributed by atoms with Crippen LogP contribution in [0.5, 0.6) is 5.75 Å². The molecule has 1 aromatic rings.